The van der Waals surface area contributed by atoms with Gasteiger partial charge in [-0.05, 0) is 48.1 Å². The van der Waals surface area contributed by atoms with Crippen LogP contribution in [0.15, 0.2) is 48.8 Å². The zero-order chi connectivity index (χ0) is 23.4. The Hall–Kier alpha value is -3.13. The fraction of sp³-hybridized carbons (Fsp3) is 0.440. The summed E-state index contributed by atoms with van der Waals surface area (Å²) in [6, 6.07) is 9.19. The van der Waals surface area contributed by atoms with Gasteiger partial charge < -0.3 is 9.64 Å². The van der Waals surface area contributed by atoms with Gasteiger partial charge in [-0.15, -0.1) is 0 Å². The summed E-state index contributed by atoms with van der Waals surface area (Å²) in [6.45, 7) is 1.78. The minimum atomic E-state index is -1.42. The molecular formula is C25H28FN3O4. The van der Waals surface area contributed by atoms with E-state index in [1.165, 1.54) is 23.1 Å². The number of carbonyl (C=O) groups is 3. The Labute approximate surface area is 192 Å². The van der Waals surface area contributed by atoms with Gasteiger partial charge in [-0.3, -0.25) is 24.3 Å². The average Bonchev–Trinajstić information content (AvgIpc) is 3.05. The molecule has 0 unspecified atom stereocenters. The van der Waals surface area contributed by atoms with Gasteiger partial charge in [0.2, 0.25) is 17.7 Å². The molecule has 3 amide bonds. The third-order valence-electron chi connectivity index (χ3n) is 6.58. The first-order chi connectivity index (χ1) is 15.9. The molecule has 2 atom stereocenters. The Kier molecular flexibility index (Phi) is 6.83. The Balaban J connectivity index is 1.63. The highest BCUT2D eigenvalue weighted by Crippen LogP contribution is 2.41. The molecule has 2 fully saturated rings. The van der Waals surface area contributed by atoms with Crippen LogP contribution in [0.1, 0.15) is 36.8 Å². The smallest absolute Gasteiger partial charge is 0.241 e. The third kappa shape index (κ3) is 4.80. The van der Waals surface area contributed by atoms with Crippen molar-refractivity contribution in [1.82, 2.24) is 14.8 Å². The second-order valence-electron chi connectivity index (χ2n) is 8.90. The average molecular weight is 454 g/mol. The first-order valence-corrected chi connectivity index (χ1v) is 11.2. The SMILES string of the molecule is COC[C@@H]1CCCN(C(=O)C[C@]2(c3cccc(F)c3)CC(=O)N(Cc3cccnc3)C2=O)C1. The number of benzene rings is 1. The fourth-order valence-corrected chi connectivity index (χ4v) is 4.92. The maximum absolute atomic E-state index is 14.2. The van der Waals surface area contributed by atoms with Gasteiger partial charge in [0.25, 0.3) is 0 Å². The van der Waals surface area contributed by atoms with Crippen molar-refractivity contribution in [3.05, 3.63) is 65.7 Å². The van der Waals surface area contributed by atoms with E-state index in [0.29, 0.717) is 30.8 Å². The van der Waals surface area contributed by atoms with E-state index < -0.39 is 17.1 Å². The molecule has 1 aromatic carbocycles. The Bertz CT molecular complexity index is 1030. The van der Waals surface area contributed by atoms with Gasteiger partial charge in [-0.1, -0.05) is 18.2 Å². The van der Waals surface area contributed by atoms with Crippen LogP contribution >= 0.6 is 0 Å². The van der Waals surface area contributed by atoms with E-state index in [1.807, 2.05) is 0 Å². The van der Waals surface area contributed by atoms with E-state index in [9.17, 15) is 18.8 Å². The van der Waals surface area contributed by atoms with Crippen LogP contribution in [0.3, 0.4) is 0 Å². The topological polar surface area (TPSA) is 79.8 Å². The quantitative estimate of drug-likeness (QED) is 0.603. The molecule has 0 N–H and O–H groups in total. The molecule has 1 aromatic heterocycles. The van der Waals surface area contributed by atoms with Crippen molar-refractivity contribution < 1.29 is 23.5 Å². The predicted octanol–water partition coefficient (Wildman–Crippen LogP) is 2.69. The molecule has 33 heavy (non-hydrogen) atoms. The highest BCUT2D eigenvalue weighted by Gasteiger charge is 2.54. The number of hydrogen-bond donors (Lipinski definition) is 0. The highest BCUT2D eigenvalue weighted by molar-refractivity contribution is 6.10. The molecule has 4 rings (SSSR count). The van der Waals surface area contributed by atoms with E-state index in [0.717, 1.165) is 12.8 Å². The zero-order valence-electron chi connectivity index (χ0n) is 18.7. The number of rotatable bonds is 7. The first kappa shape index (κ1) is 23.0. The highest BCUT2D eigenvalue weighted by atomic mass is 19.1. The summed E-state index contributed by atoms with van der Waals surface area (Å²) >= 11 is 0. The van der Waals surface area contributed by atoms with E-state index in [2.05, 4.69) is 4.98 Å². The molecule has 2 aromatic rings. The molecule has 2 aliphatic heterocycles. The zero-order valence-corrected chi connectivity index (χ0v) is 18.7. The van der Waals surface area contributed by atoms with Crippen LogP contribution in [-0.2, 0) is 31.1 Å². The number of likely N-dealkylation sites (tertiary alicyclic amines) is 2. The van der Waals surface area contributed by atoms with E-state index in [4.69, 9.17) is 4.74 Å². The summed E-state index contributed by atoms with van der Waals surface area (Å²) in [4.78, 5) is 47.1. The minimum absolute atomic E-state index is 0.0659. The summed E-state index contributed by atoms with van der Waals surface area (Å²) in [5, 5.41) is 0. The Morgan fingerprint density at radius 1 is 1.27 bits per heavy atom. The largest absolute Gasteiger partial charge is 0.384 e. The van der Waals surface area contributed by atoms with Gasteiger partial charge in [-0.25, -0.2) is 4.39 Å². The monoisotopic (exact) mass is 453 g/mol. The van der Waals surface area contributed by atoms with Gasteiger partial charge in [0, 0.05) is 45.4 Å². The lowest BCUT2D eigenvalue weighted by Gasteiger charge is -2.35. The second kappa shape index (κ2) is 9.79. The Morgan fingerprint density at radius 2 is 2.12 bits per heavy atom. The second-order valence-corrected chi connectivity index (χ2v) is 8.90. The number of nitrogens with zero attached hydrogens (tertiary/aromatic N) is 3. The van der Waals surface area contributed by atoms with Gasteiger partial charge in [0.05, 0.1) is 18.6 Å². The molecule has 0 bridgehead atoms. The van der Waals surface area contributed by atoms with Crippen molar-refractivity contribution in [1.29, 1.82) is 0 Å². The summed E-state index contributed by atoms with van der Waals surface area (Å²) < 4.78 is 19.4. The Morgan fingerprint density at radius 3 is 2.85 bits per heavy atom. The fourth-order valence-electron chi connectivity index (χ4n) is 4.92. The van der Waals surface area contributed by atoms with Gasteiger partial charge >= 0.3 is 0 Å². The molecule has 7 nitrogen and oxygen atoms in total. The summed E-state index contributed by atoms with van der Waals surface area (Å²) in [7, 11) is 1.64. The molecule has 0 radical (unpaired) electrons. The number of pyridine rings is 1. The van der Waals surface area contributed by atoms with Crippen molar-refractivity contribution in [2.45, 2.75) is 37.6 Å². The normalized spacial score (nSPS) is 23.3. The number of amides is 3. The van der Waals surface area contributed by atoms with Crippen molar-refractivity contribution in [2.24, 2.45) is 5.92 Å². The van der Waals surface area contributed by atoms with Crippen molar-refractivity contribution in [3.63, 3.8) is 0 Å². The summed E-state index contributed by atoms with van der Waals surface area (Å²) in [5.41, 5.74) is -0.362. The molecule has 0 spiro atoms. The van der Waals surface area contributed by atoms with Crippen molar-refractivity contribution in [2.75, 3.05) is 26.8 Å². The first-order valence-electron chi connectivity index (χ1n) is 11.2. The number of piperidine rings is 1. The number of hydrogen-bond acceptors (Lipinski definition) is 5. The minimum Gasteiger partial charge on any atom is -0.384 e. The maximum atomic E-state index is 14.2. The van der Waals surface area contributed by atoms with Crippen molar-refractivity contribution in [3.8, 4) is 0 Å². The predicted molar refractivity (Wildman–Crippen MR) is 118 cm³/mol. The third-order valence-corrected chi connectivity index (χ3v) is 6.58. The number of halogens is 1. The number of methoxy groups -OCH3 is 1. The number of carbonyl (C=O) groups excluding carboxylic acids is 3. The van der Waals surface area contributed by atoms with Gasteiger partial charge in [0.15, 0.2) is 0 Å². The van der Waals surface area contributed by atoms with Crippen LogP contribution in [-0.4, -0.2) is 59.3 Å². The number of ether oxygens (including phenoxy) is 1. The van der Waals surface area contributed by atoms with E-state index in [1.54, 1.807) is 42.6 Å². The molecule has 2 saturated heterocycles. The van der Waals surface area contributed by atoms with Crippen molar-refractivity contribution >= 4 is 17.7 Å². The van der Waals surface area contributed by atoms with Gasteiger partial charge in [0.1, 0.15) is 5.82 Å². The lowest BCUT2D eigenvalue weighted by atomic mass is 9.75. The lowest BCUT2D eigenvalue weighted by molar-refractivity contribution is -0.143. The molecule has 2 aliphatic rings. The lowest BCUT2D eigenvalue weighted by Crippen LogP contribution is -2.46. The van der Waals surface area contributed by atoms with Crippen LogP contribution in [0.2, 0.25) is 0 Å². The maximum Gasteiger partial charge on any atom is 0.241 e. The van der Waals surface area contributed by atoms with Crippen LogP contribution < -0.4 is 0 Å². The molecule has 0 aliphatic carbocycles. The summed E-state index contributed by atoms with van der Waals surface area (Å²) in [6.07, 6.45) is 4.69. The number of aromatic nitrogens is 1. The molecule has 8 heteroatoms. The molecular weight excluding hydrogens is 425 g/mol. The van der Waals surface area contributed by atoms with E-state index >= 15 is 0 Å². The van der Waals surface area contributed by atoms with Gasteiger partial charge in [-0.2, -0.15) is 0 Å². The van der Waals surface area contributed by atoms with E-state index in [-0.39, 0.29) is 37.1 Å². The van der Waals surface area contributed by atoms with Crippen LogP contribution in [0.4, 0.5) is 4.39 Å². The molecule has 0 saturated carbocycles. The van der Waals surface area contributed by atoms with Crippen LogP contribution in [0.5, 0.6) is 0 Å². The van der Waals surface area contributed by atoms with Crippen LogP contribution in [0, 0.1) is 11.7 Å². The number of imide groups is 1. The van der Waals surface area contributed by atoms with Crippen LogP contribution in [0.25, 0.3) is 0 Å². The summed E-state index contributed by atoms with van der Waals surface area (Å²) in [5.74, 6) is -1.33. The standard InChI is InChI=1S/C25H28FN3O4/c1-33-17-19-6-4-10-28(15-19)22(30)12-25(20-7-2-8-21(26)11-20)13-23(31)29(24(25)32)16-18-5-3-9-27-14-18/h2-3,5,7-9,11,14,19H,4,6,10,12-13,15-17H2,1H3/t19-,25-/m1/s1. The molecule has 3 heterocycles. The molecule has 174 valence electrons.